The van der Waals surface area contributed by atoms with Gasteiger partial charge in [0.15, 0.2) is 0 Å². The Kier molecular flexibility index (Phi) is 6.95. The summed E-state index contributed by atoms with van der Waals surface area (Å²) in [6, 6.07) is 0. The van der Waals surface area contributed by atoms with Crippen LogP contribution in [-0.2, 0) is 4.79 Å². The van der Waals surface area contributed by atoms with Crippen LogP contribution in [0.4, 0.5) is 0 Å². The van der Waals surface area contributed by atoms with Gasteiger partial charge in [0.25, 0.3) is 0 Å². The SMILES string of the molecule is O=C(O)CCN(CC=CO)CCO. The molecule has 0 heterocycles. The zero-order valence-electron chi connectivity index (χ0n) is 7.39. The molecule has 76 valence electrons. The molecular formula is C8H15NO4. The molecule has 0 unspecified atom stereocenters. The minimum Gasteiger partial charge on any atom is -0.516 e. The molecule has 0 fully saturated rings. The van der Waals surface area contributed by atoms with Gasteiger partial charge in [-0.1, -0.05) is 0 Å². The van der Waals surface area contributed by atoms with Crippen molar-refractivity contribution >= 4 is 5.97 Å². The molecule has 13 heavy (non-hydrogen) atoms. The average Bonchev–Trinajstić information content (AvgIpc) is 2.09. The fourth-order valence-electron chi connectivity index (χ4n) is 0.886. The molecular weight excluding hydrogens is 174 g/mol. The standard InChI is InChI=1S/C8H15NO4/c10-6-1-3-9(5-7-11)4-2-8(12)13/h1,6,10-11H,2-5,7H2,(H,12,13). The second-order valence-electron chi connectivity index (χ2n) is 2.55. The molecule has 0 spiro atoms. The van der Waals surface area contributed by atoms with E-state index in [2.05, 4.69) is 0 Å². The van der Waals surface area contributed by atoms with Crippen LogP contribution in [0.2, 0.25) is 0 Å². The summed E-state index contributed by atoms with van der Waals surface area (Å²) in [5.74, 6) is -0.865. The maximum Gasteiger partial charge on any atom is 0.304 e. The van der Waals surface area contributed by atoms with Crippen LogP contribution in [0.3, 0.4) is 0 Å². The zero-order valence-corrected chi connectivity index (χ0v) is 7.39. The third kappa shape index (κ3) is 7.30. The zero-order chi connectivity index (χ0) is 10.1. The van der Waals surface area contributed by atoms with E-state index < -0.39 is 5.97 Å². The van der Waals surface area contributed by atoms with Crippen molar-refractivity contribution in [3.8, 4) is 0 Å². The summed E-state index contributed by atoms with van der Waals surface area (Å²) in [7, 11) is 0. The van der Waals surface area contributed by atoms with E-state index in [1.807, 2.05) is 0 Å². The number of aliphatic hydroxyl groups is 2. The lowest BCUT2D eigenvalue weighted by molar-refractivity contribution is -0.137. The van der Waals surface area contributed by atoms with Gasteiger partial charge >= 0.3 is 5.97 Å². The first kappa shape index (κ1) is 11.9. The molecule has 0 atom stereocenters. The van der Waals surface area contributed by atoms with E-state index in [-0.39, 0.29) is 13.0 Å². The molecule has 0 bridgehead atoms. The highest BCUT2D eigenvalue weighted by Gasteiger charge is 2.04. The molecule has 0 aliphatic heterocycles. The third-order valence-electron chi connectivity index (χ3n) is 1.53. The summed E-state index contributed by atoms with van der Waals surface area (Å²) >= 11 is 0. The molecule has 5 nitrogen and oxygen atoms in total. The lowest BCUT2D eigenvalue weighted by atomic mass is 10.3. The number of carboxylic acid groups (broad SMARTS) is 1. The Hall–Kier alpha value is -1.07. The number of aliphatic carboxylic acids is 1. The minimum absolute atomic E-state index is 0.0150. The molecule has 0 aliphatic rings. The number of carbonyl (C=O) groups is 1. The van der Waals surface area contributed by atoms with E-state index in [0.29, 0.717) is 19.6 Å². The Morgan fingerprint density at radius 2 is 2.08 bits per heavy atom. The van der Waals surface area contributed by atoms with Gasteiger partial charge in [0.1, 0.15) is 0 Å². The van der Waals surface area contributed by atoms with Crippen molar-refractivity contribution in [2.45, 2.75) is 6.42 Å². The van der Waals surface area contributed by atoms with E-state index >= 15 is 0 Å². The number of aliphatic hydroxyl groups excluding tert-OH is 2. The first-order valence-electron chi connectivity index (χ1n) is 4.05. The Morgan fingerprint density at radius 1 is 1.38 bits per heavy atom. The van der Waals surface area contributed by atoms with Gasteiger partial charge in [-0.15, -0.1) is 0 Å². The number of carboxylic acids is 1. The first-order valence-corrected chi connectivity index (χ1v) is 4.05. The number of rotatable bonds is 7. The van der Waals surface area contributed by atoms with Gasteiger partial charge in [-0.2, -0.15) is 0 Å². The number of nitrogens with zero attached hydrogens (tertiary/aromatic N) is 1. The van der Waals surface area contributed by atoms with Gasteiger partial charge in [-0.25, -0.2) is 0 Å². The van der Waals surface area contributed by atoms with Crippen LogP contribution in [0.25, 0.3) is 0 Å². The van der Waals surface area contributed by atoms with Crippen LogP contribution in [0.15, 0.2) is 12.3 Å². The fourth-order valence-corrected chi connectivity index (χ4v) is 0.886. The van der Waals surface area contributed by atoms with Crippen LogP contribution in [-0.4, -0.2) is 52.4 Å². The summed E-state index contributed by atoms with van der Waals surface area (Å²) in [5, 5.41) is 25.4. The number of hydrogen-bond acceptors (Lipinski definition) is 4. The van der Waals surface area contributed by atoms with Crippen molar-refractivity contribution in [3.05, 3.63) is 12.3 Å². The van der Waals surface area contributed by atoms with Crippen molar-refractivity contribution in [3.63, 3.8) is 0 Å². The van der Waals surface area contributed by atoms with Gasteiger partial charge in [-0.3, -0.25) is 9.69 Å². The first-order chi connectivity index (χ1) is 6.20. The van der Waals surface area contributed by atoms with Crippen LogP contribution in [0, 0.1) is 0 Å². The highest BCUT2D eigenvalue weighted by Crippen LogP contribution is 1.91. The summed E-state index contributed by atoms with van der Waals surface area (Å²) in [4.78, 5) is 12.0. The lowest BCUT2D eigenvalue weighted by Crippen LogP contribution is -2.29. The molecule has 0 rings (SSSR count). The van der Waals surface area contributed by atoms with Gasteiger partial charge in [0.05, 0.1) is 19.3 Å². The van der Waals surface area contributed by atoms with Crippen molar-refractivity contribution in [1.82, 2.24) is 4.90 Å². The Bertz CT molecular complexity index is 170. The second kappa shape index (κ2) is 7.57. The predicted octanol–water partition coefficient (Wildman–Crippen LogP) is -0.173. The molecule has 0 aromatic carbocycles. The van der Waals surface area contributed by atoms with E-state index in [1.54, 1.807) is 4.90 Å². The monoisotopic (exact) mass is 189 g/mol. The van der Waals surface area contributed by atoms with Gasteiger partial charge in [-0.05, 0) is 6.08 Å². The molecule has 0 aliphatic carbocycles. The molecule has 0 amide bonds. The van der Waals surface area contributed by atoms with Gasteiger partial charge < -0.3 is 15.3 Å². The number of hydrogen-bond donors (Lipinski definition) is 3. The molecule has 0 aromatic heterocycles. The predicted molar refractivity (Wildman–Crippen MR) is 47.5 cm³/mol. The van der Waals surface area contributed by atoms with Crippen LogP contribution >= 0.6 is 0 Å². The second-order valence-corrected chi connectivity index (χ2v) is 2.55. The van der Waals surface area contributed by atoms with Gasteiger partial charge in [0, 0.05) is 19.6 Å². The quantitative estimate of drug-likeness (QED) is 0.484. The maximum absolute atomic E-state index is 10.2. The summed E-state index contributed by atoms with van der Waals surface area (Å²) in [6.45, 7) is 1.22. The normalized spacial score (nSPS) is 11.2. The Morgan fingerprint density at radius 3 is 2.54 bits per heavy atom. The van der Waals surface area contributed by atoms with Crippen LogP contribution < -0.4 is 0 Å². The van der Waals surface area contributed by atoms with E-state index in [1.165, 1.54) is 6.08 Å². The smallest absolute Gasteiger partial charge is 0.304 e. The molecule has 0 saturated heterocycles. The van der Waals surface area contributed by atoms with E-state index in [0.717, 1.165) is 6.26 Å². The van der Waals surface area contributed by atoms with Crippen molar-refractivity contribution in [2.24, 2.45) is 0 Å². The molecule has 0 aromatic rings. The lowest BCUT2D eigenvalue weighted by Gasteiger charge is -2.17. The van der Waals surface area contributed by atoms with Crippen LogP contribution in [0.1, 0.15) is 6.42 Å². The van der Waals surface area contributed by atoms with Gasteiger partial charge in [0.2, 0.25) is 0 Å². The summed E-state index contributed by atoms with van der Waals surface area (Å²) in [6.07, 6.45) is 2.45. The molecule has 3 N–H and O–H groups in total. The van der Waals surface area contributed by atoms with E-state index in [9.17, 15) is 4.79 Å². The minimum atomic E-state index is -0.865. The molecule has 0 radical (unpaired) electrons. The third-order valence-corrected chi connectivity index (χ3v) is 1.53. The fraction of sp³-hybridized carbons (Fsp3) is 0.625. The van der Waals surface area contributed by atoms with E-state index in [4.69, 9.17) is 15.3 Å². The summed E-state index contributed by atoms with van der Waals surface area (Å²) in [5.41, 5.74) is 0. The Labute approximate surface area is 76.9 Å². The van der Waals surface area contributed by atoms with Crippen molar-refractivity contribution in [2.75, 3.05) is 26.2 Å². The highest BCUT2D eigenvalue weighted by atomic mass is 16.4. The Balaban J connectivity index is 3.72. The van der Waals surface area contributed by atoms with Crippen molar-refractivity contribution < 1.29 is 20.1 Å². The van der Waals surface area contributed by atoms with Crippen LogP contribution in [0.5, 0.6) is 0 Å². The maximum atomic E-state index is 10.2. The molecule has 5 heteroatoms. The summed E-state index contributed by atoms with van der Waals surface area (Å²) < 4.78 is 0. The average molecular weight is 189 g/mol. The molecule has 0 saturated carbocycles. The highest BCUT2D eigenvalue weighted by molar-refractivity contribution is 5.66. The topological polar surface area (TPSA) is 81.0 Å². The van der Waals surface area contributed by atoms with Crippen molar-refractivity contribution in [1.29, 1.82) is 0 Å². The largest absolute Gasteiger partial charge is 0.516 e.